The quantitative estimate of drug-likeness (QED) is 0.810. The van der Waals surface area contributed by atoms with Gasteiger partial charge < -0.3 is 9.09 Å². The summed E-state index contributed by atoms with van der Waals surface area (Å²) in [6, 6.07) is 0. The van der Waals surface area contributed by atoms with Gasteiger partial charge in [0.1, 0.15) is 5.82 Å². The number of aromatic nitrogens is 5. The number of hydrogen-bond donors (Lipinski definition) is 0. The second-order valence-electron chi connectivity index (χ2n) is 3.37. The fraction of sp³-hybridized carbons (Fsp3) is 0.556. The van der Waals surface area contributed by atoms with Crippen molar-refractivity contribution >= 4 is 11.6 Å². The summed E-state index contributed by atoms with van der Waals surface area (Å²) < 4.78 is 6.74. The Morgan fingerprint density at radius 1 is 1.38 bits per heavy atom. The predicted octanol–water partition coefficient (Wildman–Crippen LogP) is 1.43. The van der Waals surface area contributed by atoms with E-state index in [1.807, 2.05) is 11.5 Å². The fourth-order valence-electron chi connectivity index (χ4n) is 1.45. The molecule has 0 saturated heterocycles. The van der Waals surface area contributed by atoms with Crippen LogP contribution >= 0.6 is 11.6 Å². The minimum atomic E-state index is 0.400. The lowest BCUT2D eigenvalue weighted by atomic mass is 10.4. The molecule has 0 saturated carbocycles. The highest BCUT2D eigenvalue weighted by atomic mass is 35.5. The highest BCUT2D eigenvalue weighted by Gasteiger charge is 2.10. The van der Waals surface area contributed by atoms with E-state index in [1.165, 1.54) is 0 Å². The van der Waals surface area contributed by atoms with Gasteiger partial charge in [-0.25, -0.2) is 0 Å². The van der Waals surface area contributed by atoms with E-state index >= 15 is 0 Å². The third-order valence-electron chi connectivity index (χ3n) is 2.23. The standard InChI is InChI=1S/C9H12ClN5O/c1-3-8-12-13-9(10)15(8)5-4-7-11-6(2)16-14-7/h3-5H2,1-2H3. The van der Waals surface area contributed by atoms with Gasteiger partial charge in [0.15, 0.2) is 5.82 Å². The Hall–Kier alpha value is -1.43. The average Bonchev–Trinajstić information content (AvgIpc) is 2.82. The SMILES string of the molecule is CCc1nnc(Cl)n1CCc1noc(C)n1. The molecule has 2 heterocycles. The summed E-state index contributed by atoms with van der Waals surface area (Å²) in [6.45, 7) is 4.43. The molecule has 2 aromatic rings. The Balaban J connectivity index is 2.06. The number of aryl methyl sites for hydroxylation is 3. The Morgan fingerprint density at radius 2 is 2.19 bits per heavy atom. The first kappa shape index (κ1) is 11.1. The lowest BCUT2D eigenvalue weighted by Crippen LogP contribution is -2.06. The van der Waals surface area contributed by atoms with Crippen molar-refractivity contribution in [2.24, 2.45) is 0 Å². The van der Waals surface area contributed by atoms with Gasteiger partial charge in [0.05, 0.1) is 0 Å². The zero-order chi connectivity index (χ0) is 11.5. The highest BCUT2D eigenvalue weighted by molar-refractivity contribution is 6.28. The van der Waals surface area contributed by atoms with Crippen LogP contribution in [0.5, 0.6) is 0 Å². The topological polar surface area (TPSA) is 69.6 Å². The van der Waals surface area contributed by atoms with Crippen molar-refractivity contribution in [3.8, 4) is 0 Å². The van der Waals surface area contributed by atoms with Crippen molar-refractivity contribution in [2.75, 3.05) is 0 Å². The molecule has 0 unspecified atom stereocenters. The number of hydrogen-bond acceptors (Lipinski definition) is 5. The minimum absolute atomic E-state index is 0.400. The van der Waals surface area contributed by atoms with E-state index in [0.717, 1.165) is 12.2 Å². The van der Waals surface area contributed by atoms with Crippen LogP contribution in [0.25, 0.3) is 0 Å². The second kappa shape index (κ2) is 4.61. The Kier molecular flexibility index (Phi) is 3.19. The summed E-state index contributed by atoms with van der Waals surface area (Å²) >= 11 is 5.92. The molecule has 2 rings (SSSR count). The normalized spacial score (nSPS) is 10.9. The Labute approximate surface area is 97.6 Å². The van der Waals surface area contributed by atoms with Crippen molar-refractivity contribution in [3.63, 3.8) is 0 Å². The van der Waals surface area contributed by atoms with E-state index in [1.54, 1.807) is 6.92 Å². The summed E-state index contributed by atoms with van der Waals surface area (Å²) in [5.41, 5.74) is 0. The van der Waals surface area contributed by atoms with Gasteiger partial charge in [0.25, 0.3) is 0 Å². The molecule has 2 aromatic heterocycles. The van der Waals surface area contributed by atoms with Gasteiger partial charge in [-0.1, -0.05) is 12.1 Å². The molecule has 0 fully saturated rings. The molecule has 0 radical (unpaired) electrons. The molecule has 0 aromatic carbocycles. The molecule has 0 aliphatic heterocycles. The van der Waals surface area contributed by atoms with Gasteiger partial charge in [-0.05, 0) is 11.6 Å². The number of rotatable bonds is 4. The van der Waals surface area contributed by atoms with E-state index in [4.69, 9.17) is 16.1 Å². The smallest absolute Gasteiger partial charge is 0.225 e. The first-order valence-electron chi connectivity index (χ1n) is 5.07. The van der Waals surface area contributed by atoms with Gasteiger partial charge in [-0.2, -0.15) is 4.98 Å². The molecule has 0 aliphatic rings. The van der Waals surface area contributed by atoms with Crippen molar-refractivity contribution in [2.45, 2.75) is 33.2 Å². The minimum Gasteiger partial charge on any atom is -0.340 e. The average molecular weight is 242 g/mol. The van der Waals surface area contributed by atoms with Crippen molar-refractivity contribution in [3.05, 3.63) is 22.8 Å². The maximum Gasteiger partial charge on any atom is 0.225 e. The molecule has 86 valence electrons. The largest absolute Gasteiger partial charge is 0.340 e. The van der Waals surface area contributed by atoms with Crippen molar-refractivity contribution in [1.29, 1.82) is 0 Å². The van der Waals surface area contributed by atoms with Gasteiger partial charge in [0.2, 0.25) is 11.2 Å². The maximum atomic E-state index is 5.92. The molecule has 6 nitrogen and oxygen atoms in total. The third kappa shape index (κ3) is 2.21. The van der Waals surface area contributed by atoms with Crippen LogP contribution < -0.4 is 0 Å². The molecule has 0 N–H and O–H groups in total. The van der Waals surface area contributed by atoms with Crippen LogP contribution in [-0.2, 0) is 19.4 Å². The lowest BCUT2D eigenvalue weighted by Gasteiger charge is -2.03. The van der Waals surface area contributed by atoms with Crippen molar-refractivity contribution < 1.29 is 4.52 Å². The Bertz CT molecular complexity index is 478. The lowest BCUT2D eigenvalue weighted by molar-refractivity contribution is 0.386. The third-order valence-corrected chi connectivity index (χ3v) is 2.51. The van der Waals surface area contributed by atoms with Crippen LogP contribution in [0.2, 0.25) is 5.28 Å². The molecular formula is C9H12ClN5O. The molecule has 0 atom stereocenters. The molecule has 16 heavy (non-hydrogen) atoms. The number of nitrogens with zero attached hydrogens (tertiary/aromatic N) is 5. The van der Waals surface area contributed by atoms with Crippen LogP contribution in [0.1, 0.15) is 24.5 Å². The summed E-state index contributed by atoms with van der Waals surface area (Å²) in [6.07, 6.45) is 1.45. The van der Waals surface area contributed by atoms with E-state index in [9.17, 15) is 0 Å². The van der Waals surface area contributed by atoms with Gasteiger partial charge in [0, 0.05) is 26.3 Å². The summed E-state index contributed by atoms with van der Waals surface area (Å²) in [5.74, 6) is 2.11. The molecule has 0 bridgehead atoms. The van der Waals surface area contributed by atoms with Gasteiger partial charge >= 0.3 is 0 Å². The van der Waals surface area contributed by atoms with Crippen LogP contribution in [0.4, 0.5) is 0 Å². The van der Waals surface area contributed by atoms with Crippen molar-refractivity contribution in [1.82, 2.24) is 24.9 Å². The zero-order valence-electron chi connectivity index (χ0n) is 9.14. The van der Waals surface area contributed by atoms with Crippen LogP contribution in [0.3, 0.4) is 0 Å². The molecule has 0 aliphatic carbocycles. The van der Waals surface area contributed by atoms with E-state index in [2.05, 4.69) is 20.3 Å². The first-order chi connectivity index (χ1) is 7.70. The zero-order valence-corrected chi connectivity index (χ0v) is 9.90. The predicted molar refractivity (Wildman–Crippen MR) is 57.1 cm³/mol. The molecule has 0 amide bonds. The Morgan fingerprint density at radius 3 is 2.81 bits per heavy atom. The number of halogens is 1. The summed E-state index contributed by atoms with van der Waals surface area (Å²) in [4.78, 5) is 4.12. The monoisotopic (exact) mass is 241 g/mol. The van der Waals surface area contributed by atoms with E-state index in [0.29, 0.717) is 30.0 Å². The highest BCUT2D eigenvalue weighted by Crippen LogP contribution is 2.10. The second-order valence-corrected chi connectivity index (χ2v) is 3.71. The van der Waals surface area contributed by atoms with Crippen LogP contribution in [0.15, 0.2) is 4.52 Å². The van der Waals surface area contributed by atoms with E-state index < -0.39 is 0 Å². The van der Waals surface area contributed by atoms with Crippen LogP contribution in [0, 0.1) is 6.92 Å². The molecule has 7 heteroatoms. The maximum absolute atomic E-state index is 5.92. The van der Waals surface area contributed by atoms with Crippen LogP contribution in [-0.4, -0.2) is 24.9 Å². The molecular weight excluding hydrogens is 230 g/mol. The van der Waals surface area contributed by atoms with E-state index in [-0.39, 0.29) is 0 Å². The van der Waals surface area contributed by atoms with Gasteiger partial charge in [-0.15, -0.1) is 10.2 Å². The summed E-state index contributed by atoms with van der Waals surface area (Å²) in [7, 11) is 0. The fourth-order valence-corrected chi connectivity index (χ4v) is 1.67. The van der Waals surface area contributed by atoms with Gasteiger partial charge in [-0.3, -0.25) is 0 Å². The summed E-state index contributed by atoms with van der Waals surface area (Å²) in [5, 5.41) is 12.0. The molecule has 0 spiro atoms. The first-order valence-corrected chi connectivity index (χ1v) is 5.45.